The van der Waals surface area contributed by atoms with Crippen LogP contribution in [0.3, 0.4) is 0 Å². The van der Waals surface area contributed by atoms with Crippen LogP contribution in [0.15, 0.2) is 24.3 Å². The molecule has 2 rings (SSSR count). The van der Waals surface area contributed by atoms with E-state index in [-0.39, 0.29) is 24.8 Å². The number of anilines is 1. The van der Waals surface area contributed by atoms with E-state index in [2.05, 4.69) is 5.32 Å². The molecule has 1 saturated heterocycles. The minimum Gasteiger partial charge on any atom is -0.394 e. The van der Waals surface area contributed by atoms with Crippen LogP contribution in [0, 0.1) is 0 Å². The highest BCUT2D eigenvalue weighted by Gasteiger charge is 2.26. The molecular formula is C18H28N2O5. The number of carbonyl (C=O) groups excluding carboxylic acids is 1. The van der Waals surface area contributed by atoms with E-state index in [4.69, 9.17) is 14.2 Å². The molecule has 1 aliphatic heterocycles. The molecule has 1 heterocycles. The van der Waals surface area contributed by atoms with Crippen LogP contribution in [0.4, 0.5) is 10.5 Å². The largest absolute Gasteiger partial charge is 0.394 e. The average Bonchev–Trinajstić information content (AvgIpc) is 2.61. The molecule has 1 aromatic carbocycles. The summed E-state index contributed by atoms with van der Waals surface area (Å²) >= 11 is 0. The molecular weight excluding hydrogens is 324 g/mol. The van der Waals surface area contributed by atoms with Gasteiger partial charge in [0.05, 0.1) is 51.8 Å². The van der Waals surface area contributed by atoms with Crippen LogP contribution in [0.25, 0.3) is 0 Å². The Kier molecular flexibility index (Phi) is 8.14. The smallest absolute Gasteiger partial charge is 0.322 e. The summed E-state index contributed by atoms with van der Waals surface area (Å²) in [7, 11) is 0. The first-order chi connectivity index (χ1) is 12.1. The summed E-state index contributed by atoms with van der Waals surface area (Å²) in [5.41, 5.74) is 1.68. The molecule has 1 aliphatic rings. The van der Waals surface area contributed by atoms with Crippen molar-refractivity contribution in [3.8, 4) is 0 Å². The molecule has 0 aromatic heterocycles. The van der Waals surface area contributed by atoms with Gasteiger partial charge in [0.15, 0.2) is 0 Å². The minimum atomic E-state index is -0.304. The Balaban J connectivity index is 1.82. The lowest BCUT2D eigenvalue weighted by atomic mass is 10.2. The summed E-state index contributed by atoms with van der Waals surface area (Å²) in [6.45, 7) is 6.72. The molecule has 2 N–H and O–H groups in total. The molecule has 25 heavy (non-hydrogen) atoms. The fourth-order valence-corrected chi connectivity index (χ4v) is 2.54. The minimum absolute atomic E-state index is 0.111. The molecule has 1 atom stereocenters. The van der Waals surface area contributed by atoms with E-state index in [0.717, 1.165) is 5.56 Å². The molecule has 7 nitrogen and oxygen atoms in total. The Bertz CT molecular complexity index is 538. The number of carbonyl (C=O) groups is 1. The zero-order chi connectivity index (χ0) is 18.1. The molecule has 2 amide bonds. The summed E-state index contributed by atoms with van der Waals surface area (Å²) in [6.07, 6.45) is 0.199. The first kappa shape index (κ1) is 19.7. The van der Waals surface area contributed by atoms with Gasteiger partial charge in [0.2, 0.25) is 0 Å². The Morgan fingerprint density at radius 1 is 1.44 bits per heavy atom. The van der Waals surface area contributed by atoms with Crippen molar-refractivity contribution in [3.63, 3.8) is 0 Å². The van der Waals surface area contributed by atoms with Crippen LogP contribution in [0.5, 0.6) is 0 Å². The van der Waals surface area contributed by atoms with Crippen LogP contribution in [-0.2, 0) is 20.8 Å². The van der Waals surface area contributed by atoms with E-state index in [1.807, 2.05) is 38.1 Å². The van der Waals surface area contributed by atoms with Crippen LogP contribution < -0.4 is 5.32 Å². The lowest BCUT2D eigenvalue weighted by molar-refractivity contribution is -0.00485. The summed E-state index contributed by atoms with van der Waals surface area (Å²) < 4.78 is 16.3. The third-order valence-corrected chi connectivity index (χ3v) is 3.82. The standard InChI is InChI=1S/C18H28N2O5/c1-14(2)25-9-8-24-12-15-4-3-5-16(10-15)19-18(22)20-6-7-23-13-17(20)11-21/h3-5,10,14,17,21H,6-9,11-13H2,1-2H3,(H,19,22)/t17-/m0/s1. The molecule has 0 bridgehead atoms. The van der Waals surface area contributed by atoms with E-state index in [1.165, 1.54) is 0 Å². The average molecular weight is 352 g/mol. The van der Waals surface area contributed by atoms with Crippen LogP contribution in [0.1, 0.15) is 19.4 Å². The second kappa shape index (κ2) is 10.4. The number of amides is 2. The van der Waals surface area contributed by atoms with Crippen LogP contribution >= 0.6 is 0 Å². The third-order valence-electron chi connectivity index (χ3n) is 3.82. The molecule has 140 valence electrons. The zero-order valence-electron chi connectivity index (χ0n) is 14.9. The molecule has 0 aliphatic carbocycles. The second-order valence-corrected chi connectivity index (χ2v) is 6.21. The molecule has 7 heteroatoms. The van der Waals surface area contributed by atoms with Gasteiger partial charge in [0.1, 0.15) is 0 Å². The van der Waals surface area contributed by atoms with Crippen molar-refractivity contribution in [2.75, 3.05) is 44.9 Å². The molecule has 0 saturated carbocycles. The molecule has 1 aromatic rings. The van der Waals surface area contributed by atoms with Gasteiger partial charge in [-0.1, -0.05) is 12.1 Å². The highest BCUT2D eigenvalue weighted by Crippen LogP contribution is 2.14. The quantitative estimate of drug-likeness (QED) is 0.698. The van der Waals surface area contributed by atoms with E-state index in [0.29, 0.717) is 45.3 Å². The summed E-state index contributed by atoms with van der Waals surface area (Å²) in [4.78, 5) is 14.0. The molecule has 0 unspecified atom stereocenters. The fourth-order valence-electron chi connectivity index (χ4n) is 2.54. The van der Waals surface area contributed by atoms with Gasteiger partial charge in [0.25, 0.3) is 0 Å². The van der Waals surface area contributed by atoms with Crippen molar-refractivity contribution < 1.29 is 24.1 Å². The number of ether oxygens (including phenoxy) is 3. The van der Waals surface area contributed by atoms with Gasteiger partial charge < -0.3 is 29.5 Å². The van der Waals surface area contributed by atoms with Crippen LogP contribution in [-0.4, -0.2) is 67.8 Å². The Labute approximate surface area is 148 Å². The maximum atomic E-state index is 12.4. The maximum Gasteiger partial charge on any atom is 0.322 e. The number of benzene rings is 1. The van der Waals surface area contributed by atoms with Gasteiger partial charge in [-0.05, 0) is 31.5 Å². The predicted octanol–water partition coefficient (Wildman–Crippen LogP) is 1.85. The van der Waals surface area contributed by atoms with Gasteiger partial charge in [-0.15, -0.1) is 0 Å². The highest BCUT2D eigenvalue weighted by atomic mass is 16.5. The second-order valence-electron chi connectivity index (χ2n) is 6.21. The van der Waals surface area contributed by atoms with Gasteiger partial charge in [-0.2, -0.15) is 0 Å². The molecule has 0 radical (unpaired) electrons. The van der Waals surface area contributed by atoms with Crippen molar-refractivity contribution in [1.82, 2.24) is 4.90 Å². The van der Waals surface area contributed by atoms with Crippen molar-refractivity contribution in [2.24, 2.45) is 0 Å². The van der Waals surface area contributed by atoms with Crippen molar-refractivity contribution >= 4 is 11.7 Å². The SMILES string of the molecule is CC(C)OCCOCc1cccc(NC(=O)N2CCOC[C@@H]2CO)c1. The van der Waals surface area contributed by atoms with E-state index >= 15 is 0 Å². The molecule has 0 spiro atoms. The highest BCUT2D eigenvalue weighted by molar-refractivity contribution is 5.89. The number of urea groups is 1. The summed E-state index contributed by atoms with van der Waals surface area (Å²) in [5.74, 6) is 0. The topological polar surface area (TPSA) is 80.3 Å². The van der Waals surface area contributed by atoms with E-state index in [9.17, 15) is 9.90 Å². The lowest BCUT2D eigenvalue weighted by Crippen LogP contribution is -2.52. The summed E-state index contributed by atoms with van der Waals surface area (Å²) in [6, 6.07) is 7.01. The van der Waals surface area contributed by atoms with E-state index < -0.39 is 0 Å². The number of morpholine rings is 1. The normalized spacial score (nSPS) is 17.8. The van der Waals surface area contributed by atoms with Crippen LogP contribution in [0.2, 0.25) is 0 Å². The number of rotatable bonds is 8. The summed E-state index contributed by atoms with van der Waals surface area (Å²) in [5, 5.41) is 12.2. The predicted molar refractivity (Wildman–Crippen MR) is 94.6 cm³/mol. The van der Waals surface area contributed by atoms with Crippen molar-refractivity contribution in [2.45, 2.75) is 32.6 Å². The van der Waals surface area contributed by atoms with E-state index in [1.54, 1.807) is 4.90 Å². The monoisotopic (exact) mass is 352 g/mol. The molecule has 1 fully saturated rings. The first-order valence-corrected chi connectivity index (χ1v) is 8.64. The number of nitrogens with one attached hydrogen (secondary N) is 1. The number of aliphatic hydroxyl groups excluding tert-OH is 1. The first-order valence-electron chi connectivity index (χ1n) is 8.64. The number of hydrogen-bond acceptors (Lipinski definition) is 5. The Morgan fingerprint density at radius 3 is 3.04 bits per heavy atom. The number of hydrogen-bond donors (Lipinski definition) is 2. The maximum absolute atomic E-state index is 12.4. The number of aliphatic hydroxyl groups is 1. The zero-order valence-corrected chi connectivity index (χ0v) is 14.9. The van der Waals surface area contributed by atoms with Crippen molar-refractivity contribution in [1.29, 1.82) is 0 Å². The number of nitrogens with zero attached hydrogens (tertiary/aromatic N) is 1. The van der Waals surface area contributed by atoms with Gasteiger partial charge in [-0.3, -0.25) is 0 Å². The van der Waals surface area contributed by atoms with Gasteiger partial charge in [0, 0.05) is 12.2 Å². The fraction of sp³-hybridized carbons (Fsp3) is 0.611. The Morgan fingerprint density at radius 2 is 2.28 bits per heavy atom. The van der Waals surface area contributed by atoms with Crippen molar-refractivity contribution in [3.05, 3.63) is 29.8 Å². The van der Waals surface area contributed by atoms with Gasteiger partial charge >= 0.3 is 6.03 Å². The lowest BCUT2D eigenvalue weighted by Gasteiger charge is -2.34. The van der Waals surface area contributed by atoms with Gasteiger partial charge in [-0.25, -0.2) is 4.79 Å². The third kappa shape index (κ3) is 6.62. The Hall–Kier alpha value is -1.67.